The van der Waals surface area contributed by atoms with Gasteiger partial charge in [-0.05, 0) is 25.6 Å². The van der Waals surface area contributed by atoms with Crippen molar-refractivity contribution in [2.75, 3.05) is 39.3 Å². The molecule has 0 aliphatic carbocycles. The highest BCUT2D eigenvalue weighted by atomic mass is 19.1. The van der Waals surface area contributed by atoms with Gasteiger partial charge in [0.15, 0.2) is 0 Å². The van der Waals surface area contributed by atoms with E-state index < -0.39 is 0 Å². The third kappa shape index (κ3) is 2.80. The SMILES string of the molecule is CNC(C)c1cccc(F)c1N1CC(OC)C(OC)C1. The van der Waals surface area contributed by atoms with Crippen molar-refractivity contribution < 1.29 is 13.9 Å². The molecule has 1 aliphatic rings. The highest BCUT2D eigenvalue weighted by Crippen LogP contribution is 2.32. The molecule has 1 aromatic rings. The van der Waals surface area contributed by atoms with Crippen LogP contribution in [-0.2, 0) is 9.47 Å². The van der Waals surface area contributed by atoms with E-state index in [0.29, 0.717) is 18.8 Å². The van der Waals surface area contributed by atoms with Crippen LogP contribution in [-0.4, -0.2) is 46.6 Å². The minimum Gasteiger partial charge on any atom is -0.377 e. The molecule has 0 spiro atoms. The Balaban J connectivity index is 2.33. The maximum absolute atomic E-state index is 14.3. The van der Waals surface area contributed by atoms with Crippen LogP contribution in [0.25, 0.3) is 0 Å². The van der Waals surface area contributed by atoms with E-state index in [9.17, 15) is 4.39 Å². The van der Waals surface area contributed by atoms with Gasteiger partial charge in [-0.3, -0.25) is 0 Å². The number of ether oxygens (including phenoxy) is 2. The van der Waals surface area contributed by atoms with Crippen LogP contribution in [0.2, 0.25) is 0 Å². The van der Waals surface area contributed by atoms with Gasteiger partial charge in [-0.15, -0.1) is 0 Å². The van der Waals surface area contributed by atoms with Gasteiger partial charge in [-0.25, -0.2) is 4.39 Å². The van der Waals surface area contributed by atoms with Gasteiger partial charge in [-0.1, -0.05) is 12.1 Å². The molecule has 112 valence electrons. The summed E-state index contributed by atoms with van der Waals surface area (Å²) >= 11 is 0. The highest BCUT2D eigenvalue weighted by Gasteiger charge is 2.35. The maximum Gasteiger partial charge on any atom is 0.146 e. The van der Waals surface area contributed by atoms with Crippen molar-refractivity contribution in [2.24, 2.45) is 0 Å². The van der Waals surface area contributed by atoms with Crippen LogP contribution in [0, 0.1) is 5.82 Å². The van der Waals surface area contributed by atoms with Crippen LogP contribution < -0.4 is 10.2 Å². The quantitative estimate of drug-likeness (QED) is 0.895. The van der Waals surface area contributed by atoms with Crippen molar-refractivity contribution in [2.45, 2.75) is 25.2 Å². The van der Waals surface area contributed by atoms with Gasteiger partial charge in [0, 0.05) is 33.4 Å². The molecule has 0 saturated carbocycles. The Labute approximate surface area is 119 Å². The summed E-state index contributed by atoms with van der Waals surface area (Å²) in [4.78, 5) is 2.01. The zero-order valence-corrected chi connectivity index (χ0v) is 12.5. The van der Waals surface area contributed by atoms with Crippen LogP contribution >= 0.6 is 0 Å². The lowest BCUT2D eigenvalue weighted by Gasteiger charge is -2.25. The van der Waals surface area contributed by atoms with E-state index in [4.69, 9.17) is 9.47 Å². The summed E-state index contributed by atoms with van der Waals surface area (Å²) in [6.45, 7) is 3.30. The predicted octanol–water partition coefficient (Wildman–Crippen LogP) is 1.96. The molecule has 0 radical (unpaired) electrons. The van der Waals surface area contributed by atoms with Gasteiger partial charge in [0.25, 0.3) is 0 Å². The van der Waals surface area contributed by atoms with Crippen LogP contribution in [0.3, 0.4) is 0 Å². The zero-order valence-electron chi connectivity index (χ0n) is 12.5. The topological polar surface area (TPSA) is 33.7 Å². The summed E-state index contributed by atoms with van der Waals surface area (Å²) in [5.74, 6) is -0.198. The Kier molecular flexibility index (Phi) is 4.96. The number of nitrogens with zero attached hydrogens (tertiary/aromatic N) is 1. The van der Waals surface area contributed by atoms with Crippen molar-refractivity contribution in [3.05, 3.63) is 29.6 Å². The van der Waals surface area contributed by atoms with Crippen molar-refractivity contribution in [3.8, 4) is 0 Å². The predicted molar refractivity (Wildman–Crippen MR) is 77.7 cm³/mol. The first kappa shape index (κ1) is 15.2. The number of nitrogens with one attached hydrogen (secondary N) is 1. The fourth-order valence-corrected chi connectivity index (χ4v) is 2.75. The molecule has 2 rings (SSSR count). The molecule has 0 aromatic heterocycles. The Morgan fingerprint density at radius 2 is 1.85 bits per heavy atom. The second-order valence-corrected chi connectivity index (χ2v) is 5.14. The summed E-state index contributed by atoms with van der Waals surface area (Å²) in [6, 6.07) is 5.30. The van der Waals surface area contributed by atoms with E-state index in [0.717, 1.165) is 5.56 Å². The lowest BCUT2D eigenvalue weighted by atomic mass is 10.0. The normalized spacial score (nSPS) is 24.1. The number of hydrogen-bond acceptors (Lipinski definition) is 4. The molecule has 20 heavy (non-hydrogen) atoms. The first-order valence-corrected chi connectivity index (χ1v) is 6.88. The zero-order chi connectivity index (χ0) is 14.7. The fourth-order valence-electron chi connectivity index (χ4n) is 2.75. The summed E-state index contributed by atoms with van der Waals surface area (Å²) in [5.41, 5.74) is 1.61. The molecule has 1 N–H and O–H groups in total. The molecular formula is C15H23FN2O2. The molecule has 5 heteroatoms. The second-order valence-electron chi connectivity index (χ2n) is 5.14. The van der Waals surface area contributed by atoms with Gasteiger partial charge in [0.05, 0.1) is 5.69 Å². The number of hydrogen-bond donors (Lipinski definition) is 1. The van der Waals surface area contributed by atoms with E-state index in [1.807, 2.05) is 24.9 Å². The monoisotopic (exact) mass is 282 g/mol. The lowest BCUT2D eigenvalue weighted by Crippen LogP contribution is -2.27. The average Bonchev–Trinajstić information content (AvgIpc) is 2.88. The standard InChI is InChI=1S/C15H23FN2O2/c1-10(17-2)11-6-5-7-12(16)15(11)18-8-13(19-3)14(9-18)20-4/h5-7,10,13-14,17H,8-9H2,1-4H3. The van der Waals surface area contributed by atoms with Crippen molar-refractivity contribution in [3.63, 3.8) is 0 Å². The van der Waals surface area contributed by atoms with Gasteiger partial charge in [-0.2, -0.15) is 0 Å². The summed E-state index contributed by atoms with van der Waals surface area (Å²) in [6.07, 6.45) is -0.0605. The van der Waals surface area contributed by atoms with Crippen LogP contribution in [0.1, 0.15) is 18.5 Å². The number of benzene rings is 1. The highest BCUT2D eigenvalue weighted by molar-refractivity contribution is 5.57. The minimum absolute atomic E-state index is 0.0302. The van der Waals surface area contributed by atoms with Crippen molar-refractivity contribution in [1.82, 2.24) is 5.32 Å². The third-order valence-electron chi connectivity index (χ3n) is 4.05. The number of rotatable bonds is 5. The number of para-hydroxylation sites is 1. The molecule has 1 saturated heterocycles. The fraction of sp³-hybridized carbons (Fsp3) is 0.600. The average molecular weight is 282 g/mol. The molecule has 1 heterocycles. The lowest BCUT2D eigenvalue weighted by molar-refractivity contribution is -0.00461. The Hall–Kier alpha value is -1.17. The largest absolute Gasteiger partial charge is 0.377 e. The van der Waals surface area contributed by atoms with E-state index in [-0.39, 0.29) is 24.1 Å². The maximum atomic E-state index is 14.3. The minimum atomic E-state index is -0.198. The molecule has 0 amide bonds. The van der Waals surface area contributed by atoms with Gasteiger partial charge in [0.1, 0.15) is 18.0 Å². The Bertz CT molecular complexity index is 443. The molecule has 4 nitrogen and oxygen atoms in total. The summed E-state index contributed by atoms with van der Waals surface area (Å²) in [5, 5.41) is 3.17. The molecule has 0 bridgehead atoms. The van der Waals surface area contributed by atoms with Crippen molar-refractivity contribution >= 4 is 5.69 Å². The number of anilines is 1. The van der Waals surface area contributed by atoms with E-state index >= 15 is 0 Å². The van der Waals surface area contributed by atoms with Crippen LogP contribution in [0.5, 0.6) is 0 Å². The molecule has 1 fully saturated rings. The first-order chi connectivity index (χ1) is 9.62. The van der Waals surface area contributed by atoms with E-state index in [2.05, 4.69) is 5.32 Å². The van der Waals surface area contributed by atoms with E-state index in [1.165, 1.54) is 6.07 Å². The first-order valence-electron chi connectivity index (χ1n) is 6.88. The number of methoxy groups -OCH3 is 2. The third-order valence-corrected chi connectivity index (χ3v) is 4.05. The van der Waals surface area contributed by atoms with Gasteiger partial charge >= 0.3 is 0 Å². The molecule has 3 unspecified atom stereocenters. The van der Waals surface area contributed by atoms with Gasteiger partial charge in [0.2, 0.25) is 0 Å². The Morgan fingerprint density at radius 3 is 2.35 bits per heavy atom. The molecule has 3 atom stereocenters. The summed E-state index contributed by atoms with van der Waals surface area (Å²) in [7, 11) is 5.20. The molecule has 1 aromatic carbocycles. The second kappa shape index (κ2) is 6.52. The van der Waals surface area contributed by atoms with Crippen LogP contribution in [0.15, 0.2) is 18.2 Å². The summed E-state index contributed by atoms with van der Waals surface area (Å²) < 4.78 is 25.2. The smallest absolute Gasteiger partial charge is 0.146 e. The van der Waals surface area contributed by atoms with E-state index in [1.54, 1.807) is 20.3 Å². The number of halogens is 1. The van der Waals surface area contributed by atoms with Crippen molar-refractivity contribution in [1.29, 1.82) is 0 Å². The van der Waals surface area contributed by atoms with Crippen LogP contribution in [0.4, 0.5) is 10.1 Å². The Morgan fingerprint density at radius 1 is 1.25 bits per heavy atom. The van der Waals surface area contributed by atoms with Gasteiger partial charge < -0.3 is 19.7 Å². The molecule has 1 aliphatic heterocycles. The molecular weight excluding hydrogens is 259 g/mol.